The van der Waals surface area contributed by atoms with Crippen molar-refractivity contribution in [3.8, 4) is 17.2 Å². The predicted octanol–water partition coefficient (Wildman–Crippen LogP) is 5.60. The van der Waals surface area contributed by atoms with Crippen LogP contribution < -0.4 is 30.6 Å². The SMILES string of the molecule is COc1cccc(CCc2c(CCNCCCCCCNCCc3ccc(N)cc3)ccc(OC)c2OC)c1. The highest BCUT2D eigenvalue weighted by Gasteiger charge is 2.15. The van der Waals surface area contributed by atoms with Crippen molar-refractivity contribution in [1.29, 1.82) is 0 Å². The summed E-state index contributed by atoms with van der Waals surface area (Å²) in [5, 5.41) is 7.19. The number of nitrogens with two attached hydrogens (primary N) is 1. The van der Waals surface area contributed by atoms with Crippen LogP contribution in [0.4, 0.5) is 5.69 Å². The Bertz CT molecular complexity index is 1100. The minimum absolute atomic E-state index is 0.787. The maximum absolute atomic E-state index is 5.80. The fourth-order valence-corrected chi connectivity index (χ4v) is 4.88. The maximum Gasteiger partial charge on any atom is 0.164 e. The second kappa shape index (κ2) is 17.4. The number of methoxy groups -OCH3 is 3. The van der Waals surface area contributed by atoms with Crippen LogP contribution in [-0.4, -0.2) is 47.5 Å². The Labute approximate surface area is 235 Å². The summed E-state index contributed by atoms with van der Waals surface area (Å²) in [6, 6.07) is 20.6. The van der Waals surface area contributed by atoms with E-state index < -0.39 is 0 Å². The van der Waals surface area contributed by atoms with E-state index in [0.717, 1.165) is 74.8 Å². The van der Waals surface area contributed by atoms with Gasteiger partial charge in [-0.2, -0.15) is 0 Å². The topological polar surface area (TPSA) is 77.8 Å². The van der Waals surface area contributed by atoms with Crippen molar-refractivity contribution >= 4 is 5.69 Å². The number of unbranched alkanes of at least 4 members (excludes halogenated alkanes) is 3. The normalized spacial score (nSPS) is 10.9. The molecule has 6 heteroatoms. The van der Waals surface area contributed by atoms with E-state index in [1.807, 2.05) is 30.3 Å². The van der Waals surface area contributed by atoms with Crippen LogP contribution in [-0.2, 0) is 25.7 Å². The molecule has 3 aromatic carbocycles. The van der Waals surface area contributed by atoms with Gasteiger partial charge in [-0.25, -0.2) is 0 Å². The number of nitrogens with one attached hydrogen (secondary N) is 2. The zero-order chi connectivity index (χ0) is 27.7. The number of aryl methyl sites for hydroxylation is 1. The van der Waals surface area contributed by atoms with Gasteiger partial charge in [0.05, 0.1) is 21.3 Å². The molecule has 0 aromatic heterocycles. The molecular weight excluding hydrogens is 486 g/mol. The molecule has 0 fully saturated rings. The van der Waals surface area contributed by atoms with Crippen LogP contribution in [0.3, 0.4) is 0 Å². The average Bonchev–Trinajstić information content (AvgIpc) is 2.97. The van der Waals surface area contributed by atoms with Crippen molar-refractivity contribution in [3.05, 3.63) is 82.9 Å². The molecule has 4 N–H and O–H groups in total. The molecule has 212 valence electrons. The van der Waals surface area contributed by atoms with E-state index in [1.54, 1.807) is 21.3 Å². The van der Waals surface area contributed by atoms with Gasteiger partial charge < -0.3 is 30.6 Å². The van der Waals surface area contributed by atoms with Gasteiger partial charge >= 0.3 is 0 Å². The largest absolute Gasteiger partial charge is 0.497 e. The maximum atomic E-state index is 5.80. The van der Waals surface area contributed by atoms with Gasteiger partial charge in [0.2, 0.25) is 0 Å². The molecule has 0 spiro atoms. The Morgan fingerprint density at radius 1 is 0.615 bits per heavy atom. The van der Waals surface area contributed by atoms with E-state index in [9.17, 15) is 0 Å². The van der Waals surface area contributed by atoms with Crippen LogP contribution in [0.1, 0.15) is 47.9 Å². The summed E-state index contributed by atoms with van der Waals surface area (Å²) >= 11 is 0. The van der Waals surface area contributed by atoms with Crippen LogP contribution >= 0.6 is 0 Å². The molecule has 0 aliphatic rings. The van der Waals surface area contributed by atoms with Gasteiger partial charge in [0.1, 0.15) is 5.75 Å². The van der Waals surface area contributed by atoms with E-state index in [1.165, 1.54) is 47.9 Å². The lowest BCUT2D eigenvalue weighted by Gasteiger charge is -2.17. The van der Waals surface area contributed by atoms with Gasteiger partial charge in [-0.05, 0) is 112 Å². The molecule has 6 nitrogen and oxygen atoms in total. The van der Waals surface area contributed by atoms with Crippen LogP contribution in [0.5, 0.6) is 17.2 Å². The highest BCUT2D eigenvalue weighted by atomic mass is 16.5. The zero-order valence-corrected chi connectivity index (χ0v) is 24.1. The summed E-state index contributed by atoms with van der Waals surface area (Å²) < 4.78 is 16.8. The first-order valence-corrected chi connectivity index (χ1v) is 14.3. The van der Waals surface area contributed by atoms with E-state index in [0.29, 0.717) is 0 Å². The molecule has 0 heterocycles. The molecule has 0 unspecified atom stereocenters. The number of hydrogen-bond acceptors (Lipinski definition) is 6. The molecule has 3 aromatic rings. The summed E-state index contributed by atoms with van der Waals surface area (Å²) in [5.41, 5.74) is 11.7. The first-order chi connectivity index (χ1) is 19.1. The fourth-order valence-electron chi connectivity index (χ4n) is 4.88. The Hall–Kier alpha value is -3.22. The monoisotopic (exact) mass is 533 g/mol. The second-order valence-electron chi connectivity index (χ2n) is 9.95. The van der Waals surface area contributed by atoms with Crippen molar-refractivity contribution in [2.75, 3.05) is 53.2 Å². The van der Waals surface area contributed by atoms with E-state index in [4.69, 9.17) is 19.9 Å². The molecule has 0 amide bonds. The summed E-state index contributed by atoms with van der Waals surface area (Å²) in [5.74, 6) is 2.52. The quantitative estimate of drug-likeness (QED) is 0.137. The lowest BCUT2D eigenvalue weighted by Crippen LogP contribution is -2.20. The molecule has 0 saturated heterocycles. The number of rotatable bonds is 19. The second-order valence-corrected chi connectivity index (χ2v) is 9.95. The van der Waals surface area contributed by atoms with Crippen LogP contribution in [0, 0.1) is 0 Å². The standard InChI is InChI=1S/C33H47N3O3/c1-37-30-10-8-9-27(25-30)13-17-31-28(14-18-32(38-2)33(31)39-3)20-24-36-22-7-5-4-6-21-35-23-19-26-11-15-29(34)16-12-26/h8-12,14-16,18,25,35-36H,4-7,13,17,19-24,34H2,1-3H3. The third kappa shape index (κ3) is 10.5. The lowest BCUT2D eigenvalue weighted by atomic mass is 9.96. The molecule has 0 saturated carbocycles. The van der Waals surface area contributed by atoms with Gasteiger partial charge in [-0.1, -0.05) is 43.2 Å². The Kier molecular flexibility index (Phi) is 13.5. The van der Waals surface area contributed by atoms with Gasteiger partial charge in [0, 0.05) is 11.3 Å². The van der Waals surface area contributed by atoms with Crippen LogP contribution in [0.15, 0.2) is 60.7 Å². The van der Waals surface area contributed by atoms with Gasteiger partial charge in [-0.3, -0.25) is 0 Å². The molecule has 0 bridgehead atoms. The third-order valence-corrected chi connectivity index (χ3v) is 7.14. The van der Waals surface area contributed by atoms with Crippen molar-refractivity contribution in [2.24, 2.45) is 0 Å². The molecule has 0 aliphatic heterocycles. The highest BCUT2D eigenvalue weighted by molar-refractivity contribution is 5.51. The summed E-state index contributed by atoms with van der Waals surface area (Å²) in [6.45, 7) is 4.11. The fraction of sp³-hybridized carbons (Fsp3) is 0.455. The number of hydrogen-bond donors (Lipinski definition) is 3. The highest BCUT2D eigenvalue weighted by Crippen LogP contribution is 2.34. The van der Waals surface area contributed by atoms with Gasteiger partial charge in [0.15, 0.2) is 11.5 Å². The van der Waals surface area contributed by atoms with Crippen molar-refractivity contribution in [3.63, 3.8) is 0 Å². The molecule has 0 aliphatic carbocycles. The Morgan fingerprint density at radius 2 is 1.33 bits per heavy atom. The third-order valence-electron chi connectivity index (χ3n) is 7.14. The first-order valence-electron chi connectivity index (χ1n) is 14.3. The summed E-state index contributed by atoms with van der Waals surface area (Å²) in [4.78, 5) is 0. The van der Waals surface area contributed by atoms with E-state index in [2.05, 4.69) is 41.0 Å². The van der Waals surface area contributed by atoms with Gasteiger partial charge in [-0.15, -0.1) is 0 Å². The summed E-state index contributed by atoms with van der Waals surface area (Å²) in [6.07, 6.45) is 8.77. The Balaban J connectivity index is 1.34. The van der Waals surface area contributed by atoms with Crippen molar-refractivity contribution in [2.45, 2.75) is 51.4 Å². The average molecular weight is 534 g/mol. The van der Waals surface area contributed by atoms with Crippen molar-refractivity contribution in [1.82, 2.24) is 10.6 Å². The first kappa shape index (κ1) is 30.3. The van der Waals surface area contributed by atoms with Crippen LogP contribution in [0.25, 0.3) is 0 Å². The van der Waals surface area contributed by atoms with Gasteiger partial charge in [0.25, 0.3) is 0 Å². The van der Waals surface area contributed by atoms with E-state index >= 15 is 0 Å². The smallest absolute Gasteiger partial charge is 0.164 e. The Morgan fingerprint density at radius 3 is 2.00 bits per heavy atom. The molecule has 39 heavy (non-hydrogen) atoms. The lowest BCUT2D eigenvalue weighted by molar-refractivity contribution is 0.351. The van der Waals surface area contributed by atoms with Crippen LogP contribution in [0.2, 0.25) is 0 Å². The zero-order valence-electron chi connectivity index (χ0n) is 24.1. The molecular formula is C33H47N3O3. The number of benzene rings is 3. The number of nitrogen functional groups attached to an aromatic ring is 1. The number of ether oxygens (including phenoxy) is 3. The predicted molar refractivity (Wildman–Crippen MR) is 162 cm³/mol. The summed E-state index contributed by atoms with van der Waals surface area (Å²) in [7, 11) is 5.13. The molecule has 3 rings (SSSR count). The minimum Gasteiger partial charge on any atom is -0.497 e. The number of anilines is 1. The van der Waals surface area contributed by atoms with E-state index in [-0.39, 0.29) is 0 Å². The molecule has 0 atom stereocenters. The molecule has 0 radical (unpaired) electrons. The van der Waals surface area contributed by atoms with Crippen molar-refractivity contribution < 1.29 is 14.2 Å². The minimum atomic E-state index is 0.787.